The number of hydrogen-bond donors (Lipinski definition) is 0. The molecule has 150 valence electrons. The van der Waals surface area contributed by atoms with Gasteiger partial charge in [0.25, 0.3) is 0 Å². The van der Waals surface area contributed by atoms with Crippen molar-refractivity contribution < 1.29 is 13.2 Å². The highest BCUT2D eigenvalue weighted by Crippen LogP contribution is 2.26. The Kier molecular flexibility index (Phi) is 6.91. The fourth-order valence-electron chi connectivity index (χ4n) is 3.51. The van der Waals surface area contributed by atoms with Gasteiger partial charge in [-0.1, -0.05) is 46.3 Å². The maximum atomic E-state index is 13.0. The van der Waals surface area contributed by atoms with Gasteiger partial charge in [-0.05, 0) is 49.6 Å². The van der Waals surface area contributed by atoms with E-state index in [0.717, 1.165) is 10.0 Å². The maximum absolute atomic E-state index is 13.0. The lowest BCUT2D eigenvalue weighted by Gasteiger charge is -2.33. The molecule has 0 N–H and O–H groups in total. The molecule has 5 nitrogen and oxygen atoms in total. The zero-order chi connectivity index (χ0) is 20.1. The van der Waals surface area contributed by atoms with E-state index in [1.54, 1.807) is 24.3 Å². The SMILES string of the molecule is CCN(Cc1ccccc1)C(=O)C1CCN(S(=O)(=O)c2ccc(Br)cc2)CC1. The molecule has 3 rings (SSSR count). The van der Waals surface area contributed by atoms with Crippen LogP contribution in [0, 0.1) is 5.92 Å². The largest absolute Gasteiger partial charge is 0.338 e. The predicted molar refractivity (Wildman–Crippen MR) is 113 cm³/mol. The topological polar surface area (TPSA) is 57.7 Å². The van der Waals surface area contributed by atoms with E-state index in [9.17, 15) is 13.2 Å². The fourth-order valence-corrected chi connectivity index (χ4v) is 5.24. The van der Waals surface area contributed by atoms with Crippen LogP contribution in [-0.2, 0) is 21.4 Å². The Morgan fingerprint density at radius 2 is 1.68 bits per heavy atom. The van der Waals surface area contributed by atoms with Crippen molar-refractivity contribution in [1.29, 1.82) is 0 Å². The number of carbonyl (C=O) groups excluding carboxylic acids is 1. The van der Waals surface area contributed by atoms with Crippen molar-refractivity contribution in [3.8, 4) is 0 Å². The van der Waals surface area contributed by atoms with Crippen molar-refractivity contribution in [3.05, 3.63) is 64.6 Å². The molecule has 1 saturated heterocycles. The summed E-state index contributed by atoms with van der Waals surface area (Å²) in [6.45, 7) is 3.96. The minimum absolute atomic E-state index is 0.118. The Bertz CT molecular complexity index is 893. The van der Waals surface area contributed by atoms with Crippen molar-refractivity contribution >= 4 is 31.9 Å². The van der Waals surface area contributed by atoms with Crippen LogP contribution >= 0.6 is 15.9 Å². The number of sulfonamides is 1. The molecule has 0 radical (unpaired) electrons. The van der Waals surface area contributed by atoms with Crippen LogP contribution in [0.15, 0.2) is 64.0 Å². The van der Waals surface area contributed by atoms with Crippen LogP contribution in [-0.4, -0.2) is 43.2 Å². The number of halogens is 1. The molecule has 0 spiro atoms. The third-order valence-electron chi connectivity index (χ3n) is 5.16. The van der Waals surface area contributed by atoms with Gasteiger partial charge in [0.15, 0.2) is 0 Å². The average Bonchev–Trinajstić information content (AvgIpc) is 2.72. The van der Waals surface area contributed by atoms with E-state index < -0.39 is 10.0 Å². The summed E-state index contributed by atoms with van der Waals surface area (Å²) in [6.07, 6.45) is 1.11. The van der Waals surface area contributed by atoms with E-state index in [0.29, 0.717) is 43.9 Å². The van der Waals surface area contributed by atoms with Crippen LogP contribution < -0.4 is 0 Å². The monoisotopic (exact) mass is 464 g/mol. The summed E-state index contributed by atoms with van der Waals surface area (Å²) in [5.74, 6) is -0.00734. The minimum atomic E-state index is -3.51. The Hall–Kier alpha value is -1.70. The second-order valence-corrected chi connectivity index (χ2v) is 9.82. The summed E-state index contributed by atoms with van der Waals surface area (Å²) in [5.41, 5.74) is 1.10. The molecule has 2 aromatic carbocycles. The van der Waals surface area contributed by atoms with Gasteiger partial charge in [0.1, 0.15) is 0 Å². The van der Waals surface area contributed by atoms with Crippen molar-refractivity contribution in [1.82, 2.24) is 9.21 Å². The first-order valence-electron chi connectivity index (χ1n) is 9.50. The van der Waals surface area contributed by atoms with Crippen LogP contribution in [0.4, 0.5) is 0 Å². The number of rotatable bonds is 6. The van der Waals surface area contributed by atoms with Gasteiger partial charge < -0.3 is 4.90 Å². The standard InChI is InChI=1S/C21H25BrN2O3S/c1-2-23(16-17-6-4-3-5-7-17)21(25)18-12-14-24(15-13-18)28(26,27)20-10-8-19(22)9-11-20/h3-11,18H,2,12-16H2,1H3. The van der Waals surface area contributed by atoms with Gasteiger partial charge in [-0.3, -0.25) is 4.79 Å². The molecule has 2 aromatic rings. The molecule has 0 bridgehead atoms. The average molecular weight is 465 g/mol. The predicted octanol–water partition coefficient (Wildman–Crippen LogP) is 3.90. The summed E-state index contributed by atoms with van der Waals surface area (Å²) in [5, 5.41) is 0. The molecule has 28 heavy (non-hydrogen) atoms. The number of piperidine rings is 1. The first-order chi connectivity index (χ1) is 13.4. The molecule has 0 atom stereocenters. The lowest BCUT2D eigenvalue weighted by atomic mass is 9.96. The molecule has 1 amide bonds. The number of carbonyl (C=O) groups is 1. The summed E-state index contributed by atoms with van der Waals surface area (Å²) in [7, 11) is -3.51. The van der Waals surface area contributed by atoms with E-state index >= 15 is 0 Å². The Morgan fingerprint density at radius 3 is 2.25 bits per heavy atom. The molecule has 1 heterocycles. The Balaban J connectivity index is 1.62. The van der Waals surface area contributed by atoms with Gasteiger partial charge >= 0.3 is 0 Å². The zero-order valence-corrected chi connectivity index (χ0v) is 18.3. The lowest BCUT2D eigenvalue weighted by molar-refractivity contribution is -0.137. The fraction of sp³-hybridized carbons (Fsp3) is 0.381. The maximum Gasteiger partial charge on any atom is 0.243 e. The van der Waals surface area contributed by atoms with Crippen LogP contribution in [0.25, 0.3) is 0 Å². The van der Waals surface area contributed by atoms with Gasteiger partial charge in [0.2, 0.25) is 15.9 Å². The van der Waals surface area contributed by atoms with Crippen molar-refractivity contribution in [2.24, 2.45) is 5.92 Å². The van der Waals surface area contributed by atoms with Gasteiger partial charge in [0.05, 0.1) is 4.90 Å². The molecule has 0 aliphatic carbocycles. The van der Waals surface area contributed by atoms with Gasteiger partial charge in [-0.25, -0.2) is 8.42 Å². The molecular weight excluding hydrogens is 440 g/mol. The van der Waals surface area contributed by atoms with Crippen LogP contribution in [0.2, 0.25) is 0 Å². The van der Waals surface area contributed by atoms with Crippen molar-refractivity contribution in [3.63, 3.8) is 0 Å². The second-order valence-electron chi connectivity index (χ2n) is 6.97. The van der Waals surface area contributed by atoms with E-state index in [1.807, 2.05) is 42.2 Å². The summed E-state index contributed by atoms with van der Waals surface area (Å²) in [4.78, 5) is 15.1. The second kappa shape index (κ2) is 9.20. The number of benzene rings is 2. The summed E-state index contributed by atoms with van der Waals surface area (Å²) in [6, 6.07) is 16.6. The van der Waals surface area contributed by atoms with E-state index in [-0.39, 0.29) is 11.8 Å². The third-order valence-corrected chi connectivity index (χ3v) is 7.61. The quantitative estimate of drug-likeness (QED) is 0.651. The highest BCUT2D eigenvalue weighted by Gasteiger charge is 2.33. The highest BCUT2D eigenvalue weighted by atomic mass is 79.9. The van der Waals surface area contributed by atoms with E-state index in [2.05, 4.69) is 15.9 Å². The number of amides is 1. The normalized spacial score (nSPS) is 16.1. The first-order valence-corrected chi connectivity index (χ1v) is 11.7. The van der Waals surface area contributed by atoms with Gasteiger partial charge in [0, 0.05) is 36.6 Å². The number of nitrogens with zero attached hydrogens (tertiary/aromatic N) is 2. The van der Waals surface area contributed by atoms with Gasteiger partial charge in [-0.2, -0.15) is 4.31 Å². The zero-order valence-electron chi connectivity index (χ0n) is 15.9. The third kappa shape index (κ3) is 4.82. The smallest absolute Gasteiger partial charge is 0.243 e. The van der Waals surface area contributed by atoms with E-state index in [4.69, 9.17) is 0 Å². The van der Waals surface area contributed by atoms with Crippen LogP contribution in [0.1, 0.15) is 25.3 Å². The molecule has 1 fully saturated rings. The van der Waals surface area contributed by atoms with Crippen LogP contribution in [0.3, 0.4) is 0 Å². The summed E-state index contributed by atoms with van der Waals surface area (Å²) >= 11 is 3.33. The molecule has 1 aliphatic rings. The molecule has 0 saturated carbocycles. The minimum Gasteiger partial charge on any atom is -0.338 e. The van der Waals surface area contributed by atoms with Crippen LogP contribution in [0.5, 0.6) is 0 Å². The van der Waals surface area contributed by atoms with Crippen molar-refractivity contribution in [2.75, 3.05) is 19.6 Å². The Labute approximate surface area is 175 Å². The molecular formula is C21H25BrN2O3S. The van der Waals surface area contributed by atoms with E-state index in [1.165, 1.54) is 4.31 Å². The Morgan fingerprint density at radius 1 is 1.07 bits per heavy atom. The summed E-state index contributed by atoms with van der Waals surface area (Å²) < 4.78 is 28.0. The molecule has 7 heteroatoms. The van der Waals surface area contributed by atoms with Crippen molar-refractivity contribution in [2.45, 2.75) is 31.2 Å². The molecule has 0 aromatic heterocycles. The van der Waals surface area contributed by atoms with Gasteiger partial charge in [-0.15, -0.1) is 0 Å². The number of hydrogen-bond acceptors (Lipinski definition) is 3. The molecule has 0 unspecified atom stereocenters. The molecule has 1 aliphatic heterocycles. The lowest BCUT2D eigenvalue weighted by Crippen LogP contribution is -2.44. The first kappa shape index (κ1) is 21.0. The highest BCUT2D eigenvalue weighted by molar-refractivity contribution is 9.10.